The lowest BCUT2D eigenvalue weighted by molar-refractivity contribution is 0.332. The Bertz CT molecular complexity index is 753. The first kappa shape index (κ1) is 22.8. The van der Waals surface area contributed by atoms with Gasteiger partial charge in [0.05, 0.1) is 25.4 Å². The number of ether oxygens (including phenoxy) is 2. The van der Waals surface area contributed by atoms with Gasteiger partial charge in [0.2, 0.25) is 0 Å². The number of guanidine groups is 1. The molecule has 7 nitrogen and oxygen atoms in total. The van der Waals surface area contributed by atoms with Crippen LogP contribution in [0.2, 0.25) is 0 Å². The van der Waals surface area contributed by atoms with Crippen molar-refractivity contribution in [3.05, 3.63) is 42.1 Å². The Kier molecular flexibility index (Phi) is 9.70. The summed E-state index contributed by atoms with van der Waals surface area (Å²) in [4.78, 5) is 10.8. The Morgan fingerprint density at radius 3 is 2.59 bits per heavy atom. The number of hydrogen-bond acceptors (Lipinski definition) is 5. The Balaban J connectivity index is 0.00000364. The molecule has 8 heteroatoms. The number of nitrogens with one attached hydrogen (secondary N) is 1. The van der Waals surface area contributed by atoms with E-state index in [4.69, 9.17) is 15.2 Å². The number of hydrogen-bond donors (Lipinski definition) is 2. The first-order valence-corrected chi connectivity index (χ1v) is 8.63. The highest BCUT2D eigenvalue weighted by atomic mass is 127. The van der Waals surface area contributed by atoms with Crippen molar-refractivity contribution in [2.45, 2.75) is 20.4 Å². The standard InChI is InChI=1S/C19H27N5O2.HI/c1-5-25-15-9-10-17(26-6-2)16(12-15)23-19(20)22-13-14-8-7-11-21-18(14)24(3)4;/h7-12H,5-6,13H2,1-4H3,(H3,20,22,23);1H. The molecule has 0 radical (unpaired) electrons. The summed E-state index contributed by atoms with van der Waals surface area (Å²) in [7, 11) is 3.90. The van der Waals surface area contributed by atoms with Gasteiger partial charge >= 0.3 is 0 Å². The first-order valence-electron chi connectivity index (χ1n) is 8.63. The first-order chi connectivity index (χ1) is 12.5. The molecule has 0 saturated heterocycles. The van der Waals surface area contributed by atoms with E-state index in [0.29, 0.717) is 31.5 Å². The molecule has 1 aromatic heterocycles. The van der Waals surface area contributed by atoms with Crippen LogP contribution in [0.4, 0.5) is 11.5 Å². The van der Waals surface area contributed by atoms with Crippen molar-refractivity contribution in [3.8, 4) is 11.5 Å². The number of anilines is 2. The van der Waals surface area contributed by atoms with Crippen molar-refractivity contribution < 1.29 is 9.47 Å². The maximum Gasteiger partial charge on any atom is 0.193 e. The molecule has 0 aliphatic carbocycles. The van der Waals surface area contributed by atoms with Gasteiger partial charge in [0.25, 0.3) is 0 Å². The van der Waals surface area contributed by atoms with Gasteiger partial charge in [-0.1, -0.05) is 6.07 Å². The third-order valence-corrected chi connectivity index (χ3v) is 3.54. The van der Waals surface area contributed by atoms with Crippen LogP contribution in [0.5, 0.6) is 11.5 Å². The number of rotatable bonds is 8. The summed E-state index contributed by atoms with van der Waals surface area (Å²) in [5.41, 5.74) is 7.79. The fourth-order valence-electron chi connectivity index (χ4n) is 2.45. The van der Waals surface area contributed by atoms with Crippen LogP contribution in [0.3, 0.4) is 0 Å². The minimum Gasteiger partial charge on any atom is -0.494 e. The zero-order chi connectivity index (χ0) is 18.9. The Morgan fingerprint density at radius 2 is 1.93 bits per heavy atom. The third kappa shape index (κ3) is 6.78. The maximum atomic E-state index is 6.08. The van der Waals surface area contributed by atoms with E-state index in [1.54, 1.807) is 6.20 Å². The quantitative estimate of drug-likeness (QED) is 0.339. The molecule has 1 heterocycles. The molecule has 0 amide bonds. The summed E-state index contributed by atoms with van der Waals surface area (Å²) in [6.07, 6.45) is 1.76. The number of nitrogens with zero attached hydrogens (tertiary/aromatic N) is 3. The molecule has 0 bridgehead atoms. The van der Waals surface area contributed by atoms with Crippen LogP contribution in [-0.4, -0.2) is 38.3 Å². The van der Waals surface area contributed by atoms with Crippen molar-refractivity contribution in [1.29, 1.82) is 0 Å². The lowest BCUT2D eigenvalue weighted by atomic mass is 10.2. The van der Waals surface area contributed by atoms with Crippen LogP contribution >= 0.6 is 24.0 Å². The van der Waals surface area contributed by atoms with Gasteiger partial charge in [0.1, 0.15) is 17.3 Å². The average Bonchev–Trinajstić information content (AvgIpc) is 2.62. The van der Waals surface area contributed by atoms with Gasteiger partial charge in [-0.05, 0) is 32.0 Å². The van der Waals surface area contributed by atoms with Crippen molar-refractivity contribution in [2.75, 3.05) is 37.5 Å². The number of benzene rings is 1. The second kappa shape index (κ2) is 11.5. The molecule has 0 atom stereocenters. The molecule has 0 fully saturated rings. The lowest BCUT2D eigenvalue weighted by Gasteiger charge is -2.15. The van der Waals surface area contributed by atoms with E-state index in [1.165, 1.54) is 0 Å². The van der Waals surface area contributed by atoms with Crippen LogP contribution in [0.15, 0.2) is 41.5 Å². The zero-order valence-corrected chi connectivity index (χ0v) is 18.6. The number of halogens is 1. The van der Waals surface area contributed by atoms with Gasteiger partial charge in [0, 0.05) is 31.9 Å². The van der Waals surface area contributed by atoms with Crippen LogP contribution in [-0.2, 0) is 6.54 Å². The van der Waals surface area contributed by atoms with Gasteiger partial charge < -0.3 is 25.4 Å². The van der Waals surface area contributed by atoms with Gasteiger partial charge in [-0.15, -0.1) is 24.0 Å². The van der Waals surface area contributed by atoms with E-state index in [0.717, 1.165) is 22.8 Å². The lowest BCUT2D eigenvalue weighted by Crippen LogP contribution is -2.23. The molecule has 2 rings (SSSR count). The minimum atomic E-state index is 0. The van der Waals surface area contributed by atoms with Gasteiger partial charge in [-0.25, -0.2) is 9.98 Å². The normalized spacial score (nSPS) is 10.7. The third-order valence-electron chi connectivity index (χ3n) is 3.54. The van der Waals surface area contributed by atoms with Gasteiger partial charge in [-0.3, -0.25) is 0 Å². The molecule has 0 saturated carbocycles. The SMILES string of the molecule is CCOc1ccc(OCC)c(NC(N)=NCc2cccnc2N(C)C)c1.I. The van der Waals surface area contributed by atoms with E-state index in [1.807, 2.05) is 63.2 Å². The highest BCUT2D eigenvalue weighted by Gasteiger charge is 2.08. The summed E-state index contributed by atoms with van der Waals surface area (Å²) in [5.74, 6) is 2.61. The predicted molar refractivity (Wildman–Crippen MR) is 122 cm³/mol. The molecule has 148 valence electrons. The molecule has 3 N–H and O–H groups in total. The highest BCUT2D eigenvalue weighted by Crippen LogP contribution is 2.29. The summed E-state index contributed by atoms with van der Waals surface area (Å²) in [6, 6.07) is 9.45. The van der Waals surface area contributed by atoms with Gasteiger partial charge in [0.15, 0.2) is 5.96 Å². The largest absolute Gasteiger partial charge is 0.494 e. The van der Waals surface area contributed by atoms with Crippen LogP contribution in [0.1, 0.15) is 19.4 Å². The molecule has 0 aliphatic rings. The monoisotopic (exact) mass is 485 g/mol. The Hall–Kier alpha value is -2.23. The van der Waals surface area contributed by atoms with Crippen LogP contribution in [0.25, 0.3) is 0 Å². The summed E-state index contributed by atoms with van der Waals surface area (Å²) < 4.78 is 11.2. The number of aromatic nitrogens is 1. The molecule has 0 aliphatic heterocycles. The molecule has 27 heavy (non-hydrogen) atoms. The van der Waals surface area contributed by atoms with E-state index in [9.17, 15) is 0 Å². The van der Waals surface area contributed by atoms with E-state index >= 15 is 0 Å². The summed E-state index contributed by atoms with van der Waals surface area (Å²) >= 11 is 0. The minimum absolute atomic E-state index is 0. The second-order valence-corrected chi connectivity index (χ2v) is 5.73. The fraction of sp³-hybridized carbons (Fsp3) is 0.368. The van der Waals surface area contributed by atoms with Crippen LogP contribution in [0, 0.1) is 0 Å². The smallest absolute Gasteiger partial charge is 0.193 e. The number of nitrogens with two attached hydrogens (primary N) is 1. The summed E-state index contributed by atoms with van der Waals surface area (Å²) in [5, 5.41) is 3.10. The number of aliphatic imine (C=N–C) groups is 1. The molecular weight excluding hydrogens is 457 g/mol. The zero-order valence-electron chi connectivity index (χ0n) is 16.2. The Labute approximate surface area is 178 Å². The maximum absolute atomic E-state index is 6.08. The van der Waals surface area contributed by atoms with E-state index in [-0.39, 0.29) is 24.0 Å². The van der Waals surface area contributed by atoms with E-state index in [2.05, 4.69) is 15.3 Å². The van der Waals surface area contributed by atoms with Crippen molar-refractivity contribution in [1.82, 2.24) is 4.98 Å². The molecule has 0 spiro atoms. The van der Waals surface area contributed by atoms with Crippen molar-refractivity contribution in [2.24, 2.45) is 10.7 Å². The van der Waals surface area contributed by atoms with Crippen LogP contribution < -0.4 is 25.4 Å². The molecule has 0 unspecified atom stereocenters. The molecular formula is C19H28IN5O2. The van der Waals surface area contributed by atoms with Gasteiger partial charge in [-0.2, -0.15) is 0 Å². The highest BCUT2D eigenvalue weighted by molar-refractivity contribution is 14.0. The summed E-state index contributed by atoms with van der Waals surface area (Å²) in [6.45, 7) is 5.45. The molecule has 1 aromatic carbocycles. The average molecular weight is 485 g/mol. The topological polar surface area (TPSA) is 85.0 Å². The molecule has 2 aromatic rings. The fourth-order valence-corrected chi connectivity index (χ4v) is 2.45. The van der Waals surface area contributed by atoms with Crippen molar-refractivity contribution >= 4 is 41.4 Å². The number of pyridine rings is 1. The second-order valence-electron chi connectivity index (χ2n) is 5.73. The van der Waals surface area contributed by atoms with Crippen molar-refractivity contribution in [3.63, 3.8) is 0 Å². The Morgan fingerprint density at radius 1 is 1.19 bits per heavy atom. The predicted octanol–water partition coefficient (Wildman–Crippen LogP) is 3.49. The van der Waals surface area contributed by atoms with E-state index < -0.39 is 0 Å².